The average Bonchev–Trinajstić information content (AvgIpc) is 2.73. The van der Waals surface area contributed by atoms with Crippen LogP contribution < -0.4 is 8.80 Å². The Morgan fingerprint density at radius 1 is 0.808 bits per heavy atom. The minimum Gasteiger partial charge on any atom is -0.428 e. The molecule has 0 amide bonds. The highest BCUT2D eigenvalue weighted by atomic mass is 127. The third-order valence-corrected chi connectivity index (χ3v) is 6.51. The molecule has 0 spiro atoms. The van der Waals surface area contributed by atoms with Gasteiger partial charge in [-0.25, -0.2) is 0 Å². The zero-order chi connectivity index (χ0) is 18.6. The molecule has 3 rings (SSSR count). The maximum Gasteiger partial charge on any atom is 0.192 e. The second-order valence-corrected chi connectivity index (χ2v) is 7.63. The lowest BCUT2D eigenvalue weighted by atomic mass is 9.66. The van der Waals surface area contributed by atoms with E-state index in [9.17, 15) is 0 Å². The first kappa shape index (κ1) is 20.5. The van der Waals surface area contributed by atoms with E-state index in [2.05, 4.69) is 36.4 Å². The highest BCUT2D eigenvalue weighted by Gasteiger charge is 2.42. The van der Waals surface area contributed by atoms with Crippen molar-refractivity contribution in [1.82, 2.24) is 0 Å². The van der Waals surface area contributed by atoms with Gasteiger partial charge in [-0.2, -0.15) is 0 Å². The van der Waals surface area contributed by atoms with Crippen molar-refractivity contribution in [3.63, 3.8) is 0 Å². The molecule has 2 aliphatic carbocycles. The lowest BCUT2D eigenvalue weighted by Gasteiger charge is -2.43. The van der Waals surface area contributed by atoms with E-state index in [4.69, 9.17) is 14.9 Å². The summed E-state index contributed by atoms with van der Waals surface area (Å²) in [6.45, 7) is 0. The van der Waals surface area contributed by atoms with E-state index in [0.29, 0.717) is 0 Å². The fourth-order valence-electron chi connectivity index (χ4n) is 3.52. The molecule has 0 saturated heterocycles. The molecular weight excluding hydrogens is 671 g/mol. The molecule has 26 heavy (non-hydrogen) atoms. The third-order valence-electron chi connectivity index (χ3n) is 4.98. The normalized spacial score (nSPS) is 24.3. The second-order valence-electron chi connectivity index (χ2n) is 6.30. The van der Waals surface area contributed by atoms with Gasteiger partial charge in [0, 0.05) is 11.8 Å². The standard InChI is InChI=1S/C19H18I3NO3/c20-24-16-7-1-13(2-8-16)19(23,14-3-9-17(25-21)10-4-14)15-5-11-18(26-22)12-6-15/h1-3,5,7-12,14-15H,4,6,23H2/t14-,15?,19?/m0/s1. The molecule has 1 aromatic carbocycles. The second kappa shape index (κ2) is 9.28. The number of rotatable bonds is 6. The zero-order valence-corrected chi connectivity index (χ0v) is 20.3. The lowest BCUT2D eigenvalue weighted by Crippen LogP contribution is -2.49. The van der Waals surface area contributed by atoms with Crippen molar-refractivity contribution in [3.8, 4) is 5.75 Å². The topological polar surface area (TPSA) is 53.7 Å². The van der Waals surface area contributed by atoms with E-state index in [1.54, 1.807) is 0 Å². The average molecular weight is 689 g/mol. The minimum atomic E-state index is -0.544. The Kier molecular flexibility index (Phi) is 7.31. The Labute approximate surface area is 196 Å². The van der Waals surface area contributed by atoms with Crippen LogP contribution in [0.2, 0.25) is 0 Å². The fraction of sp³-hybridized carbons (Fsp3) is 0.263. The van der Waals surface area contributed by atoms with E-state index in [1.807, 2.05) is 93.3 Å². The van der Waals surface area contributed by atoms with Gasteiger partial charge < -0.3 is 14.9 Å². The molecular formula is C19H18I3NO3. The molecule has 2 aliphatic rings. The van der Waals surface area contributed by atoms with Crippen LogP contribution in [-0.2, 0) is 11.7 Å². The van der Waals surface area contributed by atoms with E-state index < -0.39 is 5.54 Å². The predicted octanol–water partition coefficient (Wildman–Crippen LogP) is 6.22. The van der Waals surface area contributed by atoms with Crippen molar-refractivity contribution in [3.05, 3.63) is 77.8 Å². The summed E-state index contributed by atoms with van der Waals surface area (Å²) in [6.07, 6.45) is 14.2. The SMILES string of the molecule is NC(c1ccc(OI)cc1)(C1C=CC(OI)=CC1)[C@H]1C=CC(OI)=CC1. The summed E-state index contributed by atoms with van der Waals surface area (Å²) >= 11 is 5.70. The first-order valence-corrected chi connectivity index (χ1v) is 10.8. The van der Waals surface area contributed by atoms with E-state index >= 15 is 0 Å². The summed E-state index contributed by atoms with van der Waals surface area (Å²) < 4.78 is 15.9. The van der Waals surface area contributed by atoms with Crippen molar-refractivity contribution in [2.75, 3.05) is 0 Å². The first-order chi connectivity index (χ1) is 12.6. The monoisotopic (exact) mass is 689 g/mol. The van der Waals surface area contributed by atoms with Crippen molar-refractivity contribution in [2.24, 2.45) is 17.6 Å². The van der Waals surface area contributed by atoms with E-state index in [-0.39, 0.29) is 11.8 Å². The van der Waals surface area contributed by atoms with Gasteiger partial charge in [-0.15, -0.1) is 0 Å². The smallest absolute Gasteiger partial charge is 0.192 e. The Morgan fingerprint density at radius 2 is 1.31 bits per heavy atom. The van der Waals surface area contributed by atoms with Gasteiger partial charge in [0.05, 0.1) is 5.54 Å². The van der Waals surface area contributed by atoms with Crippen LogP contribution in [-0.4, -0.2) is 0 Å². The van der Waals surface area contributed by atoms with Crippen molar-refractivity contribution in [1.29, 1.82) is 0 Å². The number of allylic oxidation sites excluding steroid dienone is 4. The molecule has 0 bridgehead atoms. The molecule has 3 atom stereocenters. The number of benzene rings is 1. The summed E-state index contributed by atoms with van der Waals surface area (Å²) in [4.78, 5) is 0. The molecule has 0 heterocycles. The lowest BCUT2D eigenvalue weighted by molar-refractivity contribution is 0.239. The minimum absolute atomic E-state index is 0.161. The maximum absolute atomic E-state index is 7.15. The molecule has 7 heteroatoms. The van der Waals surface area contributed by atoms with Gasteiger partial charge in [-0.1, -0.05) is 24.3 Å². The Balaban J connectivity index is 1.96. The van der Waals surface area contributed by atoms with E-state index in [0.717, 1.165) is 35.7 Å². The molecule has 138 valence electrons. The van der Waals surface area contributed by atoms with Crippen LogP contribution in [0.4, 0.5) is 0 Å². The van der Waals surface area contributed by atoms with Crippen LogP contribution in [0.1, 0.15) is 18.4 Å². The van der Waals surface area contributed by atoms with Crippen LogP contribution >= 0.6 is 69.0 Å². The summed E-state index contributed by atoms with van der Waals surface area (Å²) in [7, 11) is 0. The molecule has 0 aliphatic heterocycles. The van der Waals surface area contributed by atoms with Crippen molar-refractivity contribution < 1.29 is 9.20 Å². The zero-order valence-electron chi connectivity index (χ0n) is 13.8. The van der Waals surface area contributed by atoms with Gasteiger partial charge >= 0.3 is 0 Å². The molecule has 0 radical (unpaired) electrons. The number of halogens is 3. The number of hydrogen-bond acceptors (Lipinski definition) is 4. The predicted molar refractivity (Wildman–Crippen MR) is 128 cm³/mol. The van der Waals surface area contributed by atoms with E-state index in [1.165, 1.54) is 0 Å². The Bertz CT molecular complexity index is 718. The van der Waals surface area contributed by atoms with Gasteiger partial charge in [0.25, 0.3) is 0 Å². The molecule has 1 aromatic rings. The van der Waals surface area contributed by atoms with Gasteiger partial charge in [-0.3, -0.25) is 0 Å². The molecule has 0 saturated carbocycles. The van der Waals surface area contributed by atoms with Crippen LogP contribution in [0.5, 0.6) is 5.75 Å². The van der Waals surface area contributed by atoms with Crippen LogP contribution in [0.25, 0.3) is 0 Å². The molecule has 4 nitrogen and oxygen atoms in total. The fourth-order valence-corrected chi connectivity index (χ4v) is 4.47. The van der Waals surface area contributed by atoms with Crippen LogP contribution in [0.15, 0.2) is 72.2 Å². The van der Waals surface area contributed by atoms with Crippen molar-refractivity contribution in [2.45, 2.75) is 18.4 Å². The number of hydrogen-bond donors (Lipinski definition) is 1. The van der Waals surface area contributed by atoms with Crippen LogP contribution in [0, 0.1) is 11.8 Å². The summed E-state index contributed by atoms with van der Waals surface area (Å²) in [5.41, 5.74) is 7.70. The third kappa shape index (κ3) is 4.25. The molecule has 0 aromatic heterocycles. The summed E-state index contributed by atoms with van der Waals surface area (Å²) in [6, 6.07) is 8.06. The van der Waals surface area contributed by atoms with Crippen molar-refractivity contribution >= 4 is 69.0 Å². The Hall–Kier alpha value is -0.270. The number of nitrogens with two attached hydrogens (primary N) is 1. The molecule has 2 unspecified atom stereocenters. The van der Waals surface area contributed by atoms with Gasteiger partial charge in [0.15, 0.2) is 69.0 Å². The highest BCUT2D eigenvalue weighted by Crippen LogP contribution is 2.43. The largest absolute Gasteiger partial charge is 0.428 e. The first-order valence-electron chi connectivity index (χ1n) is 8.13. The molecule has 0 fully saturated rings. The highest BCUT2D eigenvalue weighted by molar-refractivity contribution is 14.1. The summed E-state index contributed by atoms with van der Waals surface area (Å²) in [5.74, 6) is 2.88. The van der Waals surface area contributed by atoms with Gasteiger partial charge in [0.1, 0.15) is 17.3 Å². The molecule has 2 N–H and O–H groups in total. The van der Waals surface area contributed by atoms with Gasteiger partial charge in [-0.05, 0) is 54.8 Å². The quantitative estimate of drug-likeness (QED) is 0.361. The van der Waals surface area contributed by atoms with Gasteiger partial charge in [0.2, 0.25) is 0 Å². The summed E-state index contributed by atoms with van der Waals surface area (Å²) in [5, 5.41) is 0. The maximum atomic E-state index is 7.15. The Morgan fingerprint density at radius 3 is 1.65 bits per heavy atom. The van der Waals surface area contributed by atoms with Crippen LogP contribution in [0.3, 0.4) is 0 Å².